The molecule has 1 aliphatic heterocycles. The zero-order chi connectivity index (χ0) is 21.6. The first-order valence-corrected chi connectivity index (χ1v) is 9.38. The Bertz CT molecular complexity index is 1190. The first kappa shape index (κ1) is 19.8. The Morgan fingerprint density at radius 3 is 2.53 bits per heavy atom. The fourth-order valence-corrected chi connectivity index (χ4v) is 3.39. The lowest BCUT2D eigenvalue weighted by Crippen LogP contribution is -2.37. The highest BCUT2D eigenvalue weighted by Crippen LogP contribution is 2.28. The minimum atomic E-state index is -0.709. The van der Waals surface area contributed by atoms with Gasteiger partial charge in [-0.2, -0.15) is 4.68 Å². The molecule has 30 heavy (non-hydrogen) atoms. The van der Waals surface area contributed by atoms with Crippen molar-refractivity contribution in [3.8, 4) is 0 Å². The number of benzene rings is 2. The van der Waals surface area contributed by atoms with Gasteiger partial charge in [0.1, 0.15) is 28.7 Å². The van der Waals surface area contributed by atoms with Crippen LogP contribution < -0.4 is 15.9 Å². The molecule has 9 heteroatoms. The third-order valence-electron chi connectivity index (χ3n) is 4.57. The van der Waals surface area contributed by atoms with Crippen LogP contribution in [0.15, 0.2) is 47.3 Å². The summed E-state index contributed by atoms with van der Waals surface area (Å²) >= 11 is 0. The van der Waals surface area contributed by atoms with E-state index in [1.807, 2.05) is 0 Å². The number of amides is 1. The summed E-state index contributed by atoms with van der Waals surface area (Å²) in [7, 11) is 0. The molecule has 0 saturated carbocycles. The predicted octanol–water partition coefficient (Wildman–Crippen LogP) is 3.52. The minimum absolute atomic E-state index is 0.130. The molecule has 0 bridgehead atoms. The van der Waals surface area contributed by atoms with Gasteiger partial charge in [0.2, 0.25) is 0 Å². The maximum atomic E-state index is 14.4. The highest BCUT2D eigenvalue weighted by molar-refractivity contribution is 5.79. The van der Waals surface area contributed by atoms with Crippen LogP contribution in [0.25, 0.3) is 10.9 Å². The lowest BCUT2D eigenvalue weighted by molar-refractivity contribution is 0.0506. The molecule has 2 heterocycles. The topological polar surface area (TPSA) is 76.5 Å². The number of rotatable bonds is 2. The van der Waals surface area contributed by atoms with Gasteiger partial charge in [-0.1, -0.05) is 6.07 Å². The zero-order valence-corrected chi connectivity index (χ0v) is 16.6. The van der Waals surface area contributed by atoms with Crippen LogP contribution in [0.1, 0.15) is 32.6 Å². The number of hydrogen-bond donors (Lipinski definition) is 1. The Labute approximate surface area is 170 Å². The van der Waals surface area contributed by atoms with Crippen molar-refractivity contribution in [2.45, 2.75) is 32.4 Å². The van der Waals surface area contributed by atoms with Gasteiger partial charge in [0, 0.05) is 0 Å². The normalized spacial score (nSPS) is 15.9. The van der Waals surface area contributed by atoms with Gasteiger partial charge in [-0.25, -0.2) is 18.6 Å². The molecule has 0 fully saturated rings. The van der Waals surface area contributed by atoms with Crippen LogP contribution >= 0.6 is 0 Å². The molecule has 0 saturated heterocycles. The molecule has 3 aromatic rings. The molecule has 0 unspecified atom stereocenters. The van der Waals surface area contributed by atoms with E-state index < -0.39 is 34.9 Å². The van der Waals surface area contributed by atoms with Gasteiger partial charge in [0.15, 0.2) is 5.82 Å². The number of halogens is 2. The molecule has 1 aromatic heterocycles. The van der Waals surface area contributed by atoms with E-state index in [-0.39, 0.29) is 23.3 Å². The lowest BCUT2D eigenvalue weighted by Gasteiger charge is -2.22. The number of aromatic nitrogens is 2. The molecular weight excluding hydrogens is 394 g/mol. The molecule has 0 aliphatic carbocycles. The monoisotopic (exact) mass is 414 g/mol. The van der Waals surface area contributed by atoms with Crippen LogP contribution in [0.2, 0.25) is 0 Å². The van der Waals surface area contributed by atoms with E-state index in [4.69, 9.17) is 4.74 Å². The average Bonchev–Trinajstić information content (AvgIpc) is 2.99. The Kier molecular flexibility index (Phi) is 4.68. The van der Waals surface area contributed by atoms with Crippen molar-refractivity contribution in [2.24, 2.45) is 0 Å². The zero-order valence-electron chi connectivity index (χ0n) is 16.6. The number of alkyl carbamates (subject to hydrolysis) is 1. The molecule has 0 spiro atoms. The Morgan fingerprint density at radius 1 is 1.17 bits per heavy atom. The largest absolute Gasteiger partial charge is 0.444 e. The maximum Gasteiger partial charge on any atom is 0.408 e. The van der Waals surface area contributed by atoms with Crippen molar-refractivity contribution < 1.29 is 18.3 Å². The Hall–Kier alpha value is -3.49. The summed E-state index contributed by atoms with van der Waals surface area (Å²) in [5, 5.41) is 4.08. The van der Waals surface area contributed by atoms with E-state index in [0.717, 1.165) is 0 Å². The fraction of sp³-hybridized carbons (Fsp3) is 0.286. The number of nitrogens with zero attached hydrogens (tertiary/aromatic N) is 3. The Balaban J connectivity index is 1.84. The van der Waals surface area contributed by atoms with Crippen LogP contribution in [0.4, 0.5) is 19.3 Å². The van der Waals surface area contributed by atoms with Crippen LogP contribution in [-0.2, 0) is 4.74 Å². The van der Waals surface area contributed by atoms with Crippen molar-refractivity contribution in [1.29, 1.82) is 0 Å². The summed E-state index contributed by atoms with van der Waals surface area (Å²) in [6.07, 6.45) is -0.673. The van der Waals surface area contributed by atoms with Gasteiger partial charge in [-0.3, -0.25) is 9.80 Å². The fourth-order valence-electron chi connectivity index (χ4n) is 3.39. The minimum Gasteiger partial charge on any atom is -0.444 e. The van der Waals surface area contributed by atoms with Gasteiger partial charge < -0.3 is 10.1 Å². The van der Waals surface area contributed by atoms with Gasteiger partial charge in [-0.15, -0.1) is 0 Å². The summed E-state index contributed by atoms with van der Waals surface area (Å²) < 4.78 is 34.3. The molecule has 1 atom stereocenters. The number of carbonyl (C=O) groups excluding carboxylic acids is 1. The molecular formula is C21H20F2N4O3. The highest BCUT2D eigenvalue weighted by Gasteiger charge is 2.35. The third-order valence-corrected chi connectivity index (χ3v) is 4.57. The van der Waals surface area contributed by atoms with Crippen molar-refractivity contribution in [3.05, 3.63) is 70.3 Å². The molecule has 1 aliphatic rings. The van der Waals surface area contributed by atoms with Gasteiger partial charge >= 0.3 is 6.09 Å². The van der Waals surface area contributed by atoms with Gasteiger partial charge in [0.25, 0.3) is 5.56 Å². The molecule has 1 N–H and O–H groups in total. The van der Waals surface area contributed by atoms with Crippen LogP contribution in [0, 0.1) is 11.6 Å². The van der Waals surface area contributed by atoms with Gasteiger partial charge in [-0.05, 0) is 57.2 Å². The first-order valence-electron chi connectivity index (χ1n) is 9.38. The van der Waals surface area contributed by atoms with E-state index in [2.05, 4.69) is 10.3 Å². The summed E-state index contributed by atoms with van der Waals surface area (Å²) in [4.78, 5) is 30.0. The van der Waals surface area contributed by atoms with E-state index in [0.29, 0.717) is 5.69 Å². The molecule has 2 aromatic carbocycles. The first-order chi connectivity index (χ1) is 14.1. The van der Waals surface area contributed by atoms with Crippen LogP contribution in [-0.4, -0.2) is 27.9 Å². The second kappa shape index (κ2) is 7.08. The summed E-state index contributed by atoms with van der Waals surface area (Å²) in [6, 6.07) is 8.97. The van der Waals surface area contributed by atoms with E-state index in [1.54, 1.807) is 20.8 Å². The number of fused-ring (bicyclic) bond motifs is 2. The Morgan fingerprint density at radius 2 is 1.87 bits per heavy atom. The van der Waals surface area contributed by atoms with E-state index in [9.17, 15) is 18.4 Å². The second-order valence-corrected chi connectivity index (χ2v) is 7.98. The standard InChI is InChI=1S/C21H20F2N4O3/c1-21(2,3)30-20(29)25-16-11-26(13-9-7-12(22)8-10-13)27-18(16)24-15-6-4-5-14(23)17(15)19(27)28/h4-10,16H,11H2,1-3H3,(H,25,29)/t16-/m0/s1. The smallest absolute Gasteiger partial charge is 0.408 e. The predicted molar refractivity (Wildman–Crippen MR) is 107 cm³/mol. The summed E-state index contributed by atoms with van der Waals surface area (Å²) in [5.74, 6) is -0.896. The quantitative estimate of drug-likeness (QED) is 0.694. The van der Waals surface area contributed by atoms with Crippen LogP contribution in [0.3, 0.4) is 0 Å². The SMILES string of the molecule is CC(C)(C)OC(=O)N[C@H]1CN(c2ccc(F)cc2)n2c1nc1cccc(F)c1c2=O. The lowest BCUT2D eigenvalue weighted by atomic mass is 10.2. The van der Waals surface area contributed by atoms with Crippen molar-refractivity contribution in [2.75, 3.05) is 11.6 Å². The van der Waals surface area contributed by atoms with Gasteiger partial charge in [0.05, 0.1) is 17.7 Å². The molecule has 4 rings (SSSR count). The van der Waals surface area contributed by atoms with E-state index >= 15 is 0 Å². The number of nitrogens with one attached hydrogen (secondary N) is 1. The molecule has 0 radical (unpaired) electrons. The van der Waals surface area contributed by atoms with Crippen molar-refractivity contribution in [3.63, 3.8) is 0 Å². The third kappa shape index (κ3) is 3.58. The van der Waals surface area contributed by atoms with Crippen LogP contribution in [0.5, 0.6) is 0 Å². The molecule has 7 nitrogen and oxygen atoms in total. The number of hydrogen-bond acceptors (Lipinski definition) is 5. The van der Waals surface area contributed by atoms with Crippen molar-refractivity contribution >= 4 is 22.7 Å². The number of ether oxygens (including phenoxy) is 1. The number of carbonyl (C=O) groups is 1. The van der Waals surface area contributed by atoms with E-state index in [1.165, 1.54) is 52.1 Å². The molecule has 156 valence electrons. The highest BCUT2D eigenvalue weighted by atomic mass is 19.1. The van der Waals surface area contributed by atoms with Crippen molar-refractivity contribution in [1.82, 2.24) is 15.0 Å². The summed E-state index contributed by atoms with van der Waals surface area (Å²) in [5.41, 5.74) is -0.654. The molecule has 1 amide bonds. The summed E-state index contributed by atoms with van der Waals surface area (Å²) in [6.45, 7) is 5.34. The maximum absolute atomic E-state index is 14.4. The second-order valence-electron chi connectivity index (χ2n) is 7.98. The average molecular weight is 414 g/mol. The number of anilines is 1.